The van der Waals surface area contributed by atoms with Crippen molar-refractivity contribution < 1.29 is 4.79 Å². The van der Waals surface area contributed by atoms with E-state index in [1.807, 2.05) is 34.7 Å². The topological polar surface area (TPSA) is 50.2 Å². The van der Waals surface area contributed by atoms with Gasteiger partial charge in [-0.3, -0.25) is 4.79 Å². The molecule has 25 heavy (non-hydrogen) atoms. The van der Waals surface area contributed by atoms with Crippen LogP contribution in [-0.4, -0.2) is 39.7 Å². The fourth-order valence-corrected chi connectivity index (χ4v) is 3.52. The highest BCUT2D eigenvalue weighted by molar-refractivity contribution is 6.30. The highest BCUT2D eigenvalue weighted by Crippen LogP contribution is 2.21. The largest absolute Gasteiger partial charge is 0.341 e. The van der Waals surface area contributed by atoms with E-state index in [-0.39, 0.29) is 11.9 Å². The minimum Gasteiger partial charge on any atom is -0.341 e. The number of carbonyl (C=O) groups is 1. The monoisotopic (exact) mass is 360 g/mol. The number of aromatic nitrogens is 2. The van der Waals surface area contributed by atoms with Crippen molar-refractivity contribution in [2.75, 3.05) is 13.1 Å². The molecule has 2 aromatic rings. The predicted molar refractivity (Wildman–Crippen MR) is 99.6 cm³/mol. The molecule has 2 heterocycles. The van der Waals surface area contributed by atoms with E-state index in [1.54, 1.807) is 0 Å². The molecule has 3 rings (SSSR count). The third kappa shape index (κ3) is 4.41. The van der Waals surface area contributed by atoms with Crippen molar-refractivity contribution in [3.63, 3.8) is 0 Å². The van der Waals surface area contributed by atoms with Gasteiger partial charge in [0.05, 0.1) is 12.2 Å². The minimum atomic E-state index is 0.218. The molecule has 0 saturated carbocycles. The van der Waals surface area contributed by atoms with E-state index in [0.717, 1.165) is 30.8 Å². The van der Waals surface area contributed by atoms with Crippen LogP contribution in [0.25, 0.3) is 0 Å². The van der Waals surface area contributed by atoms with Crippen molar-refractivity contribution in [3.05, 3.63) is 52.3 Å². The molecular weight excluding hydrogens is 336 g/mol. The Balaban J connectivity index is 1.60. The number of nitrogens with zero attached hydrogens (tertiary/aromatic N) is 3. The summed E-state index contributed by atoms with van der Waals surface area (Å²) in [6.45, 7) is 7.02. The first-order valence-corrected chi connectivity index (χ1v) is 9.19. The van der Waals surface area contributed by atoms with E-state index in [2.05, 4.69) is 29.5 Å². The smallest absolute Gasteiger partial charge is 0.222 e. The van der Waals surface area contributed by atoms with E-state index in [1.165, 1.54) is 5.56 Å². The number of amides is 1. The second kappa shape index (κ2) is 8.02. The third-order valence-electron chi connectivity index (χ3n) is 4.65. The first kappa shape index (κ1) is 18.0. The average Bonchev–Trinajstić information content (AvgIpc) is 3.11. The van der Waals surface area contributed by atoms with E-state index in [0.29, 0.717) is 24.7 Å². The van der Waals surface area contributed by atoms with Crippen LogP contribution in [0.3, 0.4) is 0 Å². The minimum absolute atomic E-state index is 0.218. The molecule has 1 aliphatic heterocycles. The Morgan fingerprint density at radius 3 is 2.76 bits per heavy atom. The van der Waals surface area contributed by atoms with Gasteiger partial charge in [0.25, 0.3) is 0 Å². The summed E-state index contributed by atoms with van der Waals surface area (Å²) in [6.07, 6.45) is 1.66. The summed E-state index contributed by atoms with van der Waals surface area (Å²) in [5.41, 5.74) is 3.14. The fourth-order valence-electron chi connectivity index (χ4n) is 3.22. The molecule has 0 radical (unpaired) electrons. The number of likely N-dealkylation sites (tertiary alicyclic amines) is 1. The number of hydrogen-bond acceptors (Lipinski definition) is 3. The standard InChI is InChI=1S/C19H25ClN4O/c1-14(12-23-10-6-9-18(23)25)21-11-17-15(2)22-24(19(17)20)13-16-7-4-3-5-8-16/h3-5,7-8,14,21H,6,9-13H2,1-2H3. The summed E-state index contributed by atoms with van der Waals surface area (Å²) in [4.78, 5) is 13.7. The lowest BCUT2D eigenvalue weighted by molar-refractivity contribution is -0.127. The molecule has 1 N–H and O–H groups in total. The predicted octanol–water partition coefficient (Wildman–Crippen LogP) is 2.99. The molecule has 6 heteroatoms. The Morgan fingerprint density at radius 2 is 2.08 bits per heavy atom. The molecule has 0 bridgehead atoms. The third-order valence-corrected chi connectivity index (χ3v) is 5.07. The van der Waals surface area contributed by atoms with Crippen molar-refractivity contribution in [2.45, 2.75) is 45.8 Å². The van der Waals surface area contributed by atoms with Crippen molar-refractivity contribution in [1.29, 1.82) is 0 Å². The summed E-state index contributed by atoms with van der Waals surface area (Å²) in [5, 5.41) is 8.73. The summed E-state index contributed by atoms with van der Waals surface area (Å²) >= 11 is 6.55. The van der Waals surface area contributed by atoms with Gasteiger partial charge in [-0.2, -0.15) is 5.10 Å². The molecule has 1 saturated heterocycles. The van der Waals surface area contributed by atoms with Crippen molar-refractivity contribution in [3.8, 4) is 0 Å². The molecule has 1 aromatic carbocycles. The molecule has 1 unspecified atom stereocenters. The van der Waals surface area contributed by atoms with Gasteiger partial charge in [0.2, 0.25) is 5.91 Å². The van der Waals surface area contributed by atoms with Gasteiger partial charge in [0, 0.05) is 37.7 Å². The summed E-state index contributed by atoms with van der Waals surface area (Å²) < 4.78 is 1.85. The lowest BCUT2D eigenvalue weighted by atomic mass is 10.2. The van der Waals surface area contributed by atoms with E-state index in [9.17, 15) is 4.79 Å². The Morgan fingerprint density at radius 1 is 1.32 bits per heavy atom. The first-order chi connectivity index (χ1) is 12.0. The van der Waals surface area contributed by atoms with Gasteiger partial charge in [-0.25, -0.2) is 4.68 Å². The number of benzene rings is 1. The fraction of sp³-hybridized carbons (Fsp3) is 0.474. The van der Waals surface area contributed by atoms with Crippen LogP contribution in [0.15, 0.2) is 30.3 Å². The molecule has 1 aliphatic rings. The lowest BCUT2D eigenvalue weighted by Crippen LogP contribution is -2.39. The lowest BCUT2D eigenvalue weighted by Gasteiger charge is -2.21. The Labute approximate surface area is 154 Å². The average molecular weight is 361 g/mol. The number of aryl methyl sites for hydroxylation is 1. The van der Waals surface area contributed by atoms with E-state index < -0.39 is 0 Å². The van der Waals surface area contributed by atoms with Gasteiger partial charge < -0.3 is 10.2 Å². The second-order valence-electron chi connectivity index (χ2n) is 6.72. The quantitative estimate of drug-likeness (QED) is 0.825. The van der Waals surface area contributed by atoms with Gasteiger partial charge in [0.1, 0.15) is 5.15 Å². The molecule has 5 nitrogen and oxygen atoms in total. The molecular formula is C19H25ClN4O. The molecule has 1 fully saturated rings. The molecule has 0 spiro atoms. The zero-order valence-corrected chi connectivity index (χ0v) is 15.6. The first-order valence-electron chi connectivity index (χ1n) is 8.81. The van der Waals surface area contributed by atoms with Crippen LogP contribution in [0.4, 0.5) is 0 Å². The maximum absolute atomic E-state index is 11.7. The Bertz CT molecular complexity index is 729. The number of halogens is 1. The van der Waals surface area contributed by atoms with Gasteiger partial charge in [-0.1, -0.05) is 41.9 Å². The molecule has 134 valence electrons. The van der Waals surface area contributed by atoms with E-state index >= 15 is 0 Å². The van der Waals surface area contributed by atoms with Crippen LogP contribution in [0.5, 0.6) is 0 Å². The second-order valence-corrected chi connectivity index (χ2v) is 7.08. The van der Waals surface area contributed by atoms with Crippen LogP contribution in [0.1, 0.15) is 36.6 Å². The Hall–Kier alpha value is -1.85. The normalized spacial score (nSPS) is 15.8. The number of rotatable bonds is 7. The summed E-state index contributed by atoms with van der Waals surface area (Å²) in [5.74, 6) is 0.263. The highest BCUT2D eigenvalue weighted by Gasteiger charge is 2.22. The SMILES string of the molecule is Cc1nn(Cc2ccccc2)c(Cl)c1CNC(C)CN1CCCC1=O. The van der Waals surface area contributed by atoms with Crippen LogP contribution >= 0.6 is 11.6 Å². The Kier molecular flexibility index (Phi) is 5.76. The number of hydrogen-bond donors (Lipinski definition) is 1. The van der Waals surface area contributed by atoms with Crippen LogP contribution < -0.4 is 5.32 Å². The molecule has 1 aromatic heterocycles. The van der Waals surface area contributed by atoms with Crippen molar-refractivity contribution in [2.24, 2.45) is 0 Å². The summed E-state index contributed by atoms with van der Waals surface area (Å²) in [7, 11) is 0. The maximum Gasteiger partial charge on any atom is 0.222 e. The number of nitrogens with one attached hydrogen (secondary N) is 1. The van der Waals surface area contributed by atoms with Crippen molar-refractivity contribution in [1.82, 2.24) is 20.0 Å². The van der Waals surface area contributed by atoms with Crippen molar-refractivity contribution >= 4 is 17.5 Å². The maximum atomic E-state index is 11.7. The van der Waals surface area contributed by atoms with Crippen LogP contribution in [-0.2, 0) is 17.9 Å². The van der Waals surface area contributed by atoms with Gasteiger partial charge in [0.15, 0.2) is 0 Å². The molecule has 1 amide bonds. The van der Waals surface area contributed by atoms with Crippen LogP contribution in [0.2, 0.25) is 5.15 Å². The highest BCUT2D eigenvalue weighted by atomic mass is 35.5. The van der Waals surface area contributed by atoms with Gasteiger partial charge >= 0.3 is 0 Å². The summed E-state index contributed by atoms with van der Waals surface area (Å²) in [6, 6.07) is 10.4. The number of carbonyl (C=O) groups excluding carboxylic acids is 1. The van der Waals surface area contributed by atoms with Crippen LogP contribution in [0, 0.1) is 6.92 Å². The molecule has 0 aliphatic carbocycles. The molecule has 1 atom stereocenters. The van der Waals surface area contributed by atoms with Gasteiger partial charge in [-0.05, 0) is 25.8 Å². The van der Waals surface area contributed by atoms with Gasteiger partial charge in [-0.15, -0.1) is 0 Å². The zero-order valence-electron chi connectivity index (χ0n) is 14.8. The zero-order chi connectivity index (χ0) is 17.8. The van der Waals surface area contributed by atoms with E-state index in [4.69, 9.17) is 11.6 Å².